The molecule has 1 aliphatic rings. The zero-order valence-corrected chi connectivity index (χ0v) is 14.0. The van der Waals surface area contributed by atoms with Crippen LogP contribution in [-0.4, -0.2) is 9.97 Å². The van der Waals surface area contributed by atoms with Crippen LogP contribution in [-0.2, 0) is 0 Å². The van der Waals surface area contributed by atoms with Crippen molar-refractivity contribution in [3.63, 3.8) is 0 Å². The number of H-pyrrole nitrogens is 1. The Morgan fingerprint density at radius 3 is 2.50 bits per heavy atom. The van der Waals surface area contributed by atoms with Gasteiger partial charge in [0, 0.05) is 22.5 Å². The summed E-state index contributed by atoms with van der Waals surface area (Å²) in [6.45, 7) is 0. The molecular weight excluding hydrogens is 324 g/mol. The molecule has 0 radical (unpaired) electrons. The quantitative estimate of drug-likeness (QED) is 0.355. The Kier molecular flexibility index (Phi) is 3.05. The molecule has 1 unspecified atom stereocenters. The first-order valence-corrected chi connectivity index (χ1v) is 8.44. The fraction of sp³-hybridized carbons (Fsp3) is 0.0500. The van der Waals surface area contributed by atoms with Gasteiger partial charge in [-0.1, -0.05) is 24.3 Å². The highest BCUT2D eigenvalue weighted by Crippen LogP contribution is 2.39. The summed E-state index contributed by atoms with van der Waals surface area (Å²) < 4.78 is 0. The van der Waals surface area contributed by atoms with E-state index in [4.69, 9.17) is 16.5 Å². The lowest BCUT2D eigenvalue weighted by atomic mass is 10.0. The summed E-state index contributed by atoms with van der Waals surface area (Å²) in [5.41, 5.74) is 19.2. The van der Waals surface area contributed by atoms with E-state index in [1.54, 1.807) is 0 Å². The van der Waals surface area contributed by atoms with Gasteiger partial charge in [0.1, 0.15) is 12.0 Å². The largest absolute Gasteiger partial charge is 0.399 e. The highest BCUT2D eigenvalue weighted by atomic mass is 15.2. The van der Waals surface area contributed by atoms with E-state index >= 15 is 0 Å². The molecule has 0 saturated carbocycles. The van der Waals surface area contributed by atoms with Gasteiger partial charge in [-0.3, -0.25) is 0 Å². The Bertz CT molecular complexity index is 1130. The lowest BCUT2D eigenvalue weighted by molar-refractivity contribution is 0.941. The lowest BCUT2D eigenvalue weighted by Crippen LogP contribution is -2.13. The summed E-state index contributed by atoms with van der Waals surface area (Å²) in [5, 5.41) is 6.99. The lowest BCUT2D eigenvalue weighted by Gasteiger charge is -2.16. The second-order valence-corrected chi connectivity index (χ2v) is 6.48. The number of imidazole rings is 1. The number of nitrogens with one attached hydrogen (secondary N) is 3. The Morgan fingerprint density at radius 2 is 1.58 bits per heavy atom. The van der Waals surface area contributed by atoms with Gasteiger partial charge in [-0.15, -0.1) is 0 Å². The van der Waals surface area contributed by atoms with Crippen molar-refractivity contribution in [1.29, 1.82) is 0 Å². The van der Waals surface area contributed by atoms with Crippen LogP contribution in [0.1, 0.15) is 11.7 Å². The minimum atomic E-state index is -0.0544. The van der Waals surface area contributed by atoms with E-state index in [-0.39, 0.29) is 6.17 Å². The highest BCUT2D eigenvalue weighted by molar-refractivity contribution is 5.84. The molecule has 4 aromatic rings. The summed E-state index contributed by atoms with van der Waals surface area (Å²) in [4.78, 5) is 8.11. The second kappa shape index (κ2) is 5.42. The number of nitrogen functional groups attached to an aromatic ring is 2. The molecule has 0 spiro atoms. The van der Waals surface area contributed by atoms with Crippen molar-refractivity contribution in [2.24, 2.45) is 0 Å². The molecule has 0 aliphatic carbocycles. The minimum Gasteiger partial charge on any atom is -0.399 e. The van der Waals surface area contributed by atoms with E-state index in [9.17, 15) is 0 Å². The first-order valence-electron chi connectivity index (χ1n) is 8.44. The van der Waals surface area contributed by atoms with Gasteiger partial charge in [-0.2, -0.15) is 0 Å². The average molecular weight is 342 g/mol. The van der Waals surface area contributed by atoms with Crippen molar-refractivity contribution in [2.75, 3.05) is 22.1 Å². The van der Waals surface area contributed by atoms with Gasteiger partial charge in [0.15, 0.2) is 0 Å². The van der Waals surface area contributed by atoms with Crippen LogP contribution >= 0.6 is 0 Å². The number of nitrogens with zero attached hydrogens (tertiary/aromatic N) is 1. The predicted molar refractivity (Wildman–Crippen MR) is 107 cm³/mol. The monoisotopic (exact) mass is 342 g/mol. The van der Waals surface area contributed by atoms with Gasteiger partial charge in [0.25, 0.3) is 0 Å². The molecule has 1 aromatic heterocycles. The van der Waals surface area contributed by atoms with Crippen LogP contribution in [0.3, 0.4) is 0 Å². The molecule has 6 nitrogen and oxygen atoms in total. The van der Waals surface area contributed by atoms with Crippen LogP contribution in [0.25, 0.3) is 22.4 Å². The standard InChI is InChI=1S/C20H18N6/c21-11-5-7-15-17(9-11)25-19(23-15)13-3-1-2-4-14(13)20-24-16-8-6-12(22)10-18(16)26-20/h1-10,19,23,25H,21-22H2,(H,24,26). The van der Waals surface area contributed by atoms with Gasteiger partial charge < -0.3 is 27.1 Å². The fourth-order valence-corrected chi connectivity index (χ4v) is 3.43. The molecule has 1 atom stereocenters. The summed E-state index contributed by atoms with van der Waals surface area (Å²) in [6.07, 6.45) is -0.0544. The molecule has 6 heteroatoms. The molecule has 128 valence electrons. The van der Waals surface area contributed by atoms with Gasteiger partial charge in [0.2, 0.25) is 0 Å². The first kappa shape index (κ1) is 14.7. The Labute approximate surface area is 150 Å². The number of rotatable bonds is 2. The smallest absolute Gasteiger partial charge is 0.138 e. The van der Waals surface area contributed by atoms with E-state index in [1.165, 1.54) is 0 Å². The molecule has 0 saturated heterocycles. The Balaban J connectivity index is 1.57. The molecule has 26 heavy (non-hydrogen) atoms. The number of anilines is 4. The zero-order chi connectivity index (χ0) is 17.7. The topological polar surface area (TPSA) is 105 Å². The zero-order valence-electron chi connectivity index (χ0n) is 14.0. The van der Waals surface area contributed by atoms with E-state index < -0.39 is 0 Å². The van der Waals surface area contributed by atoms with Gasteiger partial charge >= 0.3 is 0 Å². The number of benzene rings is 3. The summed E-state index contributed by atoms with van der Waals surface area (Å²) in [5.74, 6) is 0.820. The maximum Gasteiger partial charge on any atom is 0.138 e. The van der Waals surface area contributed by atoms with Crippen molar-refractivity contribution in [3.05, 3.63) is 66.2 Å². The average Bonchev–Trinajstić information content (AvgIpc) is 3.24. The summed E-state index contributed by atoms with van der Waals surface area (Å²) >= 11 is 0. The maximum atomic E-state index is 5.90. The van der Waals surface area contributed by atoms with Crippen molar-refractivity contribution in [1.82, 2.24) is 9.97 Å². The molecule has 1 aliphatic heterocycles. The van der Waals surface area contributed by atoms with Gasteiger partial charge in [0.05, 0.1) is 22.4 Å². The molecular formula is C20H18N6. The third-order valence-corrected chi connectivity index (χ3v) is 4.68. The third-order valence-electron chi connectivity index (χ3n) is 4.68. The van der Waals surface area contributed by atoms with Crippen LogP contribution in [0.15, 0.2) is 60.7 Å². The summed E-state index contributed by atoms with van der Waals surface area (Å²) in [6, 6.07) is 19.7. The molecule has 0 bridgehead atoms. The number of nitrogens with two attached hydrogens (primary N) is 2. The molecule has 0 fully saturated rings. The highest BCUT2D eigenvalue weighted by Gasteiger charge is 2.24. The molecule has 7 N–H and O–H groups in total. The maximum absolute atomic E-state index is 5.90. The number of hydrogen-bond donors (Lipinski definition) is 5. The van der Waals surface area contributed by atoms with Crippen LogP contribution in [0, 0.1) is 0 Å². The first-order chi connectivity index (χ1) is 12.7. The Morgan fingerprint density at radius 1 is 0.808 bits per heavy atom. The number of aromatic nitrogens is 2. The SMILES string of the molecule is Nc1ccc2c(c1)NC(c1ccccc1-c1nc3ccc(N)cc3[nH]1)N2. The number of hydrogen-bond acceptors (Lipinski definition) is 5. The minimum absolute atomic E-state index is 0.0544. The molecule has 3 aromatic carbocycles. The normalized spacial score (nSPS) is 15.5. The number of fused-ring (bicyclic) bond motifs is 2. The second-order valence-electron chi connectivity index (χ2n) is 6.48. The predicted octanol–water partition coefficient (Wildman–Crippen LogP) is 3.93. The van der Waals surface area contributed by atoms with E-state index in [2.05, 4.69) is 27.8 Å². The van der Waals surface area contributed by atoms with Gasteiger partial charge in [-0.25, -0.2) is 4.98 Å². The van der Waals surface area contributed by atoms with Crippen LogP contribution in [0.2, 0.25) is 0 Å². The van der Waals surface area contributed by atoms with E-state index in [1.807, 2.05) is 48.5 Å². The third kappa shape index (κ3) is 2.31. The van der Waals surface area contributed by atoms with Crippen molar-refractivity contribution >= 4 is 33.8 Å². The van der Waals surface area contributed by atoms with Crippen molar-refractivity contribution in [2.45, 2.75) is 6.17 Å². The van der Waals surface area contributed by atoms with Crippen LogP contribution in [0.5, 0.6) is 0 Å². The summed E-state index contributed by atoms with van der Waals surface area (Å²) in [7, 11) is 0. The van der Waals surface area contributed by atoms with E-state index in [0.29, 0.717) is 5.69 Å². The van der Waals surface area contributed by atoms with E-state index in [0.717, 1.165) is 45.0 Å². The van der Waals surface area contributed by atoms with Crippen LogP contribution < -0.4 is 22.1 Å². The van der Waals surface area contributed by atoms with Crippen LogP contribution in [0.4, 0.5) is 22.7 Å². The van der Waals surface area contributed by atoms with Gasteiger partial charge in [-0.05, 0) is 36.4 Å². The van der Waals surface area contributed by atoms with Crippen molar-refractivity contribution < 1.29 is 0 Å². The van der Waals surface area contributed by atoms with Crippen molar-refractivity contribution in [3.8, 4) is 11.4 Å². The molecule has 0 amide bonds. The molecule has 5 rings (SSSR count). The Hall–Kier alpha value is -3.67. The number of aromatic amines is 1. The molecule has 2 heterocycles. The fourth-order valence-electron chi connectivity index (χ4n) is 3.43.